The molecule has 1 aromatic heterocycles. The van der Waals surface area contributed by atoms with Gasteiger partial charge in [0.1, 0.15) is 5.60 Å². The predicted molar refractivity (Wildman–Crippen MR) is 154 cm³/mol. The van der Waals surface area contributed by atoms with E-state index in [1.807, 2.05) is 49.4 Å². The number of piperidine rings is 1. The van der Waals surface area contributed by atoms with Crippen molar-refractivity contribution >= 4 is 23.3 Å². The van der Waals surface area contributed by atoms with Gasteiger partial charge in [-0.2, -0.15) is 0 Å². The maximum Gasteiger partial charge on any atom is 0.216 e. The standard InChI is InChI=1S/C31H37ClN4O3/c1-21-7-3-8-23(17-21)28-26(9-4-10-27(28)32)31(39,14-6-16-35-22(2)37)30(13-5-15-34-20-30)29(38)24-11-12-25(18-33)36-19-24/h3-4,7-12,17,19,34,39H,5-6,13-16,18,20,33H2,1-2H3,(H,35,37)/t30-,31-/m0/s1. The largest absolute Gasteiger partial charge is 0.384 e. The Bertz CT molecular complexity index is 1320. The van der Waals surface area contributed by atoms with E-state index >= 15 is 0 Å². The molecule has 1 aliphatic heterocycles. The summed E-state index contributed by atoms with van der Waals surface area (Å²) >= 11 is 6.85. The topological polar surface area (TPSA) is 117 Å². The summed E-state index contributed by atoms with van der Waals surface area (Å²) in [7, 11) is 0. The number of rotatable bonds is 10. The van der Waals surface area contributed by atoms with Gasteiger partial charge in [-0.1, -0.05) is 53.6 Å². The molecule has 2 heterocycles. The molecule has 2 aromatic carbocycles. The van der Waals surface area contributed by atoms with E-state index in [1.54, 1.807) is 18.3 Å². The Balaban J connectivity index is 1.92. The van der Waals surface area contributed by atoms with E-state index in [4.69, 9.17) is 17.3 Å². The normalized spacial score (nSPS) is 18.8. The van der Waals surface area contributed by atoms with Gasteiger partial charge in [0.2, 0.25) is 5.91 Å². The molecule has 1 saturated heterocycles. The Morgan fingerprint density at radius 2 is 2.00 bits per heavy atom. The minimum Gasteiger partial charge on any atom is -0.384 e. The van der Waals surface area contributed by atoms with Crippen molar-refractivity contribution < 1.29 is 14.7 Å². The van der Waals surface area contributed by atoms with E-state index in [9.17, 15) is 14.7 Å². The number of Topliss-reactive ketones (excluding diaryl/α,β-unsaturated/α-hetero) is 1. The summed E-state index contributed by atoms with van der Waals surface area (Å²) in [5.74, 6) is -0.319. The van der Waals surface area contributed by atoms with Gasteiger partial charge >= 0.3 is 0 Å². The lowest BCUT2D eigenvalue weighted by atomic mass is 9.58. The van der Waals surface area contributed by atoms with Crippen LogP contribution in [0.15, 0.2) is 60.8 Å². The number of pyridine rings is 1. The molecule has 1 fully saturated rings. The highest BCUT2D eigenvalue weighted by atomic mass is 35.5. The molecule has 1 aliphatic rings. The summed E-state index contributed by atoms with van der Waals surface area (Å²) in [6.07, 6.45) is 3.46. The van der Waals surface area contributed by atoms with Crippen LogP contribution < -0.4 is 16.4 Å². The van der Waals surface area contributed by atoms with Crippen LogP contribution in [0.5, 0.6) is 0 Å². The minimum atomic E-state index is -1.60. The Hall–Kier alpha value is -3.10. The molecule has 8 heteroatoms. The number of nitrogens with zero attached hydrogens (tertiary/aromatic N) is 1. The van der Waals surface area contributed by atoms with E-state index in [0.717, 1.165) is 17.7 Å². The third-order valence-corrected chi connectivity index (χ3v) is 8.08. The van der Waals surface area contributed by atoms with Gasteiger partial charge in [0, 0.05) is 48.9 Å². The SMILES string of the molecule is CC(=O)NCCC[C@](O)(c1cccc(Cl)c1-c1cccc(C)c1)[C@@]1(C(=O)c2ccc(CN)nc2)CCCNC1. The number of nitrogens with one attached hydrogen (secondary N) is 2. The molecule has 39 heavy (non-hydrogen) atoms. The van der Waals surface area contributed by atoms with Crippen molar-refractivity contribution in [3.63, 3.8) is 0 Å². The lowest BCUT2D eigenvalue weighted by Crippen LogP contribution is -2.59. The number of benzene rings is 2. The highest BCUT2D eigenvalue weighted by Crippen LogP contribution is 2.52. The molecule has 3 aromatic rings. The van der Waals surface area contributed by atoms with Gasteiger partial charge in [-0.05, 0) is 68.5 Å². The van der Waals surface area contributed by atoms with Crippen LogP contribution in [0.3, 0.4) is 0 Å². The Kier molecular flexibility index (Phi) is 9.18. The summed E-state index contributed by atoms with van der Waals surface area (Å²) in [6.45, 7) is 5.17. The van der Waals surface area contributed by atoms with Crippen LogP contribution in [0.2, 0.25) is 5.02 Å². The number of aryl methyl sites for hydroxylation is 1. The molecule has 1 amide bonds. The number of carbonyl (C=O) groups is 2. The molecular weight excluding hydrogens is 512 g/mol. The van der Waals surface area contributed by atoms with Crippen molar-refractivity contribution in [2.45, 2.75) is 51.7 Å². The summed E-state index contributed by atoms with van der Waals surface area (Å²) in [4.78, 5) is 30.5. The summed E-state index contributed by atoms with van der Waals surface area (Å²) in [5, 5.41) is 19.7. The Labute approximate surface area is 235 Å². The average Bonchev–Trinajstić information content (AvgIpc) is 2.95. The zero-order valence-corrected chi connectivity index (χ0v) is 23.4. The van der Waals surface area contributed by atoms with Crippen LogP contribution in [0.4, 0.5) is 0 Å². The van der Waals surface area contributed by atoms with Gasteiger partial charge in [-0.25, -0.2) is 0 Å². The number of amides is 1. The van der Waals surface area contributed by atoms with Crippen molar-refractivity contribution in [1.29, 1.82) is 0 Å². The van der Waals surface area contributed by atoms with E-state index in [0.29, 0.717) is 59.8 Å². The van der Waals surface area contributed by atoms with Crippen LogP contribution in [0.25, 0.3) is 11.1 Å². The number of carbonyl (C=O) groups excluding carboxylic acids is 2. The maximum absolute atomic E-state index is 14.5. The molecule has 0 spiro atoms. The predicted octanol–water partition coefficient (Wildman–Crippen LogP) is 4.53. The van der Waals surface area contributed by atoms with Gasteiger partial charge in [-0.15, -0.1) is 0 Å². The van der Waals surface area contributed by atoms with Crippen molar-refractivity contribution in [3.05, 3.63) is 88.2 Å². The molecule has 5 N–H and O–H groups in total. The van der Waals surface area contributed by atoms with Crippen molar-refractivity contribution in [3.8, 4) is 11.1 Å². The first-order valence-electron chi connectivity index (χ1n) is 13.5. The average molecular weight is 549 g/mol. The molecule has 4 rings (SSSR count). The Morgan fingerprint density at radius 3 is 2.64 bits per heavy atom. The lowest BCUT2D eigenvalue weighted by molar-refractivity contribution is -0.119. The van der Waals surface area contributed by atoms with Crippen LogP contribution in [-0.4, -0.2) is 41.4 Å². The third kappa shape index (κ3) is 5.92. The van der Waals surface area contributed by atoms with Crippen LogP contribution >= 0.6 is 11.6 Å². The summed E-state index contributed by atoms with van der Waals surface area (Å²) < 4.78 is 0. The van der Waals surface area contributed by atoms with Crippen LogP contribution in [0, 0.1) is 12.3 Å². The second-order valence-electron chi connectivity index (χ2n) is 10.4. The second kappa shape index (κ2) is 12.4. The first-order valence-corrected chi connectivity index (χ1v) is 13.8. The Morgan fingerprint density at radius 1 is 1.21 bits per heavy atom. The van der Waals surface area contributed by atoms with Gasteiger partial charge < -0.3 is 21.5 Å². The smallest absolute Gasteiger partial charge is 0.216 e. The zero-order valence-electron chi connectivity index (χ0n) is 22.6. The molecule has 0 bridgehead atoms. The highest BCUT2D eigenvalue weighted by Gasteiger charge is 2.57. The highest BCUT2D eigenvalue weighted by molar-refractivity contribution is 6.33. The van der Waals surface area contributed by atoms with Crippen LogP contribution in [-0.2, 0) is 16.9 Å². The van der Waals surface area contributed by atoms with Gasteiger partial charge in [0.15, 0.2) is 5.78 Å². The van der Waals surface area contributed by atoms with E-state index in [2.05, 4.69) is 15.6 Å². The van der Waals surface area contributed by atoms with Gasteiger partial charge in [0.05, 0.1) is 11.1 Å². The lowest BCUT2D eigenvalue weighted by Gasteiger charge is -2.50. The molecule has 0 saturated carbocycles. The van der Waals surface area contributed by atoms with E-state index < -0.39 is 11.0 Å². The molecule has 0 aliphatic carbocycles. The number of nitrogens with two attached hydrogens (primary N) is 1. The second-order valence-corrected chi connectivity index (χ2v) is 10.8. The molecule has 0 radical (unpaired) electrons. The number of aromatic nitrogens is 1. The maximum atomic E-state index is 14.5. The van der Waals surface area contributed by atoms with E-state index in [1.165, 1.54) is 6.92 Å². The minimum absolute atomic E-state index is 0.141. The molecule has 206 valence electrons. The molecule has 2 atom stereocenters. The number of halogens is 1. The third-order valence-electron chi connectivity index (χ3n) is 7.76. The van der Waals surface area contributed by atoms with Gasteiger partial charge in [0.25, 0.3) is 0 Å². The number of hydrogen-bond donors (Lipinski definition) is 4. The molecule has 7 nitrogen and oxygen atoms in total. The van der Waals surface area contributed by atoms with Crippen LogP contribution in [0.1, 0.15) is 59.8 Å². The van der Waals surface area contributed by atoms with Crippen molar-refractivity contribution in [1.82, 2.24) is 15.6 Å². The van der Waals surface area contributed by atoms with E-state index in [-0.39, 0.29) is 24.7 Å². The number of aliphatic hydroxyl groups is 1. The fraction of sp³-hybridized carbons (Fsp3) is 0.387. The quantitative estimate of drug-likeness (QED) is 0.218. The van der Waals surface area contributed by atoms with Crippen molar-refractivity contribution in [2.24, 2.45) is 11.1 Å². The zero-order chi connectivity index (χ0) is 28.0. The van der Waals surface area contributed by atoms with Crippen molar-refractivity contribution in [2.75, 3.05) is 19.6 Å². The van der Waals surface area contributed by atoms with Gasteiger partial charge in [-0.3, -0.25) is 14.6 Å². The summed E-state index contributed by atoms with van der Waals surface area (Å²) in [6, 6.07) is 17.0. The monoisotopic (exact) mass is 548 g/mol. The molecule has 0 unspecified atom stereocenters. The fourth-order valence-corrected chi connectivity index (χ4v) is 6.08. The summed E-state index contributed by atoms with van der Waals surface area (Å²) in [5.41, 5.74) is 7.29. The number of ketones is 1. The molecular formula is C31H37ClN4O3. The number of hydrogen-bond acceptors (Lipinski definition) is 6. The first-order chi connectivity index (χ1) is 18.7. The first kappa shape index (κ1) is 28.9. The fourth-order valence-electron chi connectivity index (χ4n) is 5.80.